The standard InChI is InChI=1S/C14H26N2O.ClH/c1-3-11-5-4-6-12(9-11)16-13(17)14(2)7-8-15-10-14;/h11-12,15H,3-10H2,1-2H3,(H,16,17);1H. The highest BCUT2D eigenvalue weighted by atomic mass is 35.5. The van der Waals surface area contributed by atoms with Crippen LogP contribution in [0.5, 0.6) is 0 Å². The maximum Gasteiger partial charge on any atom is 0.227 e. The lowest BCUT2D eigenvalue weighted by molar-refractivity contribution is -0.130. The Balaban J connectivity index is 0.00000162. The van der Waals surface area contributed by atoms with Crippen molar-refractivity contribution >= 4 is 18.3 Å². The number of carbonyl (C=O) groups excluding carboxylic acids is 1. The maximum absolute atomic E-state index is 12.3. The fourth-order valence-corrected chi connectivity index (χ4v) is 3.16. The van der Waals surface area contributed by atoms with Gasteiger partial charge in [-0.25, -0.2) is 0 Å². The zero-order valence-electron chi connectivity index (χ0n) is 11.6. The van der Waals surface area contributed by atoms with E-state index in [0.29, 0.717) is 6.04 Å². The van der Waals surface area contributed by atoms with Crippen LogP contribution in [-0.4, -0.2) is 25.0 Å². The molecule has 1 heterocycles. The summed E-state index contributed by atoms with van der Waals surface area (Å²) >= 11 is 0. The second-order valence-corrected chi connectivity index (χ2v) is 6.10. The summed E-state index contributed by atoms with van der Waals surface area (Å²) < 4.78 is 0. The smallest absolute Gasteiger partial charge is 0.227 e. The molecule has 0 radical (unpaired) electrons. The summed E-state index contributed by atoms with van der Waals surface area (Å²) in [5, 5.41) is 6.58. The topological polar surface area (TPSA) is 41.1 Å². The fourth-order valence-electron chi connectivity index (χ4n) is 3.16. The van der Waals surface area contributed by atoms with Crippen molar-refractivity contribution in [3.8, 4) is 0 Å². The lowest BCUT2D eigenvalue weighted by Gasteiger charge is -2.32. The predicted molar refractivity (Wildman–Crippen MR) is 77.0 cm³/mol. The van der Waals surface area contributed by atoms with Crippen molar-refractivity contribution in [3.63, 3.8) is 0 Å². The van der Waals surface area contributed by atoms with Crippen molar-refractivity contribution in [2.24, 2.45) is 11.3 Å². The Kier molecular flexibility index (Phi) is 5.93. The van der Waals surface area contributed by atoms with Crippen LogP contribution in [0.25, 0.3) is 0 Å². The molecule has 106 valence electrons. The first-order valence-electron chi connectivity index (χ1n) is 7.16. The Morgan fingerprint density at radius 1 is 1.44 bits per heavy atom. The molecule has 0 aromatic heterocycles. The van der Waals surface area contributed by atoms with Crippen LogP contribution in [0, 0.1) is 11.3 Å². The van der Waals surface area contributed by atoms with E-state index in [9.17, 15) is 4.79 Å². The van der Waals surface area contributed by atoms with Gasteiger partial charge in [-0.3, -0.25) is 4.79 Å². The Hall–Kier alpha value is -0.280. The molecule has 4 heteroatoms. The summed E-state index contributed by atoms with van der Waals surface area (Å²) in [5.74, 6) is 1.09. The molecule has 18 heavy (non-hydrogen) atoms. The van der Waals surface area contributed by atoms with Crippen LogP contribution in [-0.2, 0) is 4.79 Å². The minimum Gasteiger partial charge on any atom is -0.353 e. The lowest BCUT2D eigenvalue weighted by Crippen LogP contribution is -2.46. The first-order valence-corrected chi connectivity index (χ1v) is 7.16. The molecule has 1 amide bonds. The van der Waals surface area contributed by atoms with E-state index in [2.05, 4.69) is 24.5 Å². The molecular weight excluding hydrogens is 248 g/mol. The van der Waals surface area contributed by atoms with E-state index in [1.54, 1.807) is 0 Å². The third-order valence-corrected chi connectivity index (χ3v) is 4.61. The van der Waals surface area contributed by atoms with E-state index in [1.165, 1.54) is 32.1 Å². The summed E-state index contributed by atoms with van der Waals surface area (Å²) in [7, 11) is 0. The summed E-state index contributed by atoms with van der Waals surface area (Å²) in [6, 6.07) is 0.429. The third kappa shape index (κ3) is 3.61. The van der Waals surface area contributed by atoms with E-state index in [1.807, 2.05) is 0 Å². The van der Waals surface area contributed by atoms with E-state index in [-0.39, 0.29) is 23.7 Å². The van der Waals surface area contributed by atoms with Gasteiger partial charge in [0.1, 0.15) is 0 Å². The van der Waals surface area contributed by atoms with Crippen molar-refractivity contribution in [3.05, 3.63) is 0 Å². The highest BCUT2D eigenvalue weighted by Crippen LogP contribution is 2.29. The number of amides is 1. The maximum atomic E-state index is 12.3. The van der Waals surface area contributed by atoms with E-state index < -0.39 is 0 Å². The van der Waals surface area contributed by atoms with Crippen LogP contribution < -0.4 is 10.6 Å². The molecule has 3 nitrogen and oxygen atoms in total. The van der Waals surface area contributed by atoms with Crippen molar-refractivity contribution in [1.82, 2.24) is 10.6 Å². The first kappa shape index (κ1) is 15.8. The molecule has 1 saturated heterocycles. The molecule has 2 rings (SSSR count). The molecule has 2 fully saturated rings. The second kappa shape index (κ2) is 6.76. The molecule has 3 unspecified atom stereocenters. The molecular formula is C14H27ClN2O. The highest BCUT2D eigenvalue weighted by molar-refractivity contribution is 5.85. The number of hydrogen-bond donors (Lipinski definition) is 2. The van der Waals surface area contributed by atoms with Gasteiger partial charge in [-0.1, -0.05) is 26.2 Å². The zero-order valence-corrected chi connectivity index (χ0v) is 12.4. The Morgan fingerprint density at radius 2 is 2.22 bits per heavy atom. The number of rotatable bonds is 3. The van der Waals surface area contributed by atoms with Gasteiger partial charge in [-0.2, -0.15) is 0 Å². The van der Waals surface area contributed by atoms with Gasteiger partial charge >= 0.3 is 0 Å². The van der Waals surface area contributed by atoms with Gasteiger partial charge in [-0.05, 0) is 38.6 Å². The van der Waals surface area contributed by atoms with Crippen molar-refractivity contribution < 1.29 is 4.79 Å². The van der Waals surface area contributed by atoms with Crippen LogP contribution in [0.1, 0.15) is 52.4 Å². The average Bonchev–Trinajstić information content (AvgIpc) is 2.78. The summed E-state index contributed by atoms with van der Waals surface area (Å²) in [6.07, 6.45) is 7.21. The molecule has 1 aliphatic carbocycles. The minimum absolute atomic E-state index is 0. The quantitative estimate of drug-likeness (QED) is 0.830. The summed E-state index contributed by atoms with van der Waals surface area (Å²) in [5.41, 5.74) is -0.168. The normalized spacial score (nSPS) is 35.9. The Labute approximate surface area is 117 Å². The van der Waals surface area contributed by atoms with Crippen LogP contribution in [0.4, 0.5) is 0 Å². The zero-order chi connectivity index (χ0) is 12.3. The molecule has 0 spiro atoms. The first-order chi connectivity index (χ1) is 8.14. The molecule has 3 atom stereocenters. The highest BCUT2D eigenvalue weighted by Gasteiger charge is 2.37. The Morgan fingerprint density at radius 3 is 2.83 bits per heavy atom. The molecule has 2 aliphatic rings. The fraction of sp³-hybridized carbons (Fsp3) is 0.929. The van der Waals surface area contributed by atoms with Gasteiger partial charge in [0.15, 0.2) is 0 Å². The molecule has 0 aromatic rings. The van der Waals surface area contributed by atoms with Gasteiger partial charge < -0.3 is 10.6 Å². The van der Waals surface area contributed by atoms with Gasteiger partial charge in [0, 0.05) is 12.6 Å². The van der Waals surface area contributed by atoms with E-state index in [0.717, 1.165) is 25.4 Å². The summed E-state index contributed by atoms with van der Waals surface area (Å²) in [6.45, 7) is 6.16. The molecule has 2 N–H and O–H groups in total. The summed E-state index contributed by atoms with van der Waals surface area (Å²) in [4.78, 5) is 12.3. The minimum atomic E-state index is -0.168. The number of nitrogens with one attached hydrogen (secondary N) is 2. The van der Waals surface area contributed by atoms with Crippen LogP contribution >= 0.6 is 12.4 Å². The van der Waals surface area contributed by atoms with E-state index >= 15 is 0 Å². The van der Waals surface area contributed by atoms with Gasteiger partial charge in [0.05, 0.1) is 5.41 Å². The second-order valence-electron chi connectivity index (χ2n) is 6.10. The van der Waals surface area contributed by atoms with Crippen molar-refractivity contribution in [2.75, 3.05) is 13.1 Å². The van der Waals surface area contributed by atoms with E-state index in [4.69, 9.17) is 0 Å². The van der Waals surface area contributed by atoms with Gasteiger partial charge in [0.2, 0.25) is 5.91 Å². The van der Waals surface area contributed by atoms with Gasteiger partial charge in [-0.15, -0.1) is 12.4 Å². The third-order valence-electron chi connectivity index (χ3n) is 4.61. The number of halogens is 1. The Bertz CT molecular complexity index is 277. The predicted octanol–water partition coefficient (Wildman–Crippen LogP) is 2.49. The molecule has 0 aromatic carbocycles. The molecule has 1 aliphatic heterocycles. The molecule has 0 bridgehead atoms. The average molecular weight is 275 g/mol. The number of hydrogen-bond acceptors (Lipinski definition) is 2. The monoisotopic (exact) mass is 274 g/mol. The number of carbonyl (C=O) groups is 1. The van der Waals surface area contributed by atoms with Crippen LogP contribution in [0.3, 0.4) is 0 Å². The molecule has 1 saturated carbocycles. The lowest BCUT2D eigenvalue weighted by atomic mass is 9.83. The largest absolute Gasteiger partial charge is 0.353 e. The van der Waals surface area contributed by atoms with Crippen LogP contribution in [0.15, 0.2) is 0 Å². The van der Waals surface area contributed by atoms with Crippen LogP contribution in [0.2, 0.25) is 0 Å². The van der Waals surface area contributed by atoms with Gasteiger partial charge in [0.25, 0.3) is 0 Å². The SMILES string of the molecule is CCC1CCCC(NC(=O)C2(C)CCNC2)C1.Cl. The van der Waals surface area contributed by atoms with Crippen molar-refractivity contribution in [1.29, 1.82) is 0 Å². The van der Waals surface area contributed by atoms with Crippen molar-refractivity contribution in [2.45, 2.75) is 58.4 Å².